The molecular weight excluding hydrogens is 308 g/mol. The normalized spacial score (nSPS) is 19.5. The van der Waals surface area contributed by atoms with Crippen molar-refractivity contribution in [2.75, 3.05) is 7.11 Å². The summed E-state index contributed by atoms with van der Waals surface area (Å²) in [5.41, 5.74) is 1.50. The van der Waals surface area contributed by atoms with E-state index in [2.05, 4.69) is 6.07 Å². The predicted molar refractivity (Wildman–Crippen MR) is 86.6 cm³/mol. The highest BCUT2D eigenvalue weighted by molar-refractivity contribution is 5.71. The highest BCUT2D eigenvalue weighted by Gasteiger charge is 2.46. The maximum Gasteiger partial charge on any atom is 0.365 e. The van der Waals surface area contributed by atoms with Crippen LogP contribution in [-0.2, 0) is 4.74 Å². The van der Waals surface area contributed by atoms with Gasteiger partial charge in [-0.2, -0.15) is 5.26 Å². The molecule has 2 aromatic rings. The maximum absolute atomic E-state index is 11.5. The van der Waals surface area contributed by atoms with E-state index in [1.165, 1.54) is 7.11 Å². The first kappa shape index (κ1) is 15.6. The number of methoxy groups -OCH3 is 1. The van der Waals surface area contributed by atoms with Gasteiger partial charge in [-0.25, -0.2) is 0 Å². The highest BCUT2D eigenvalue weighted by atomic mass is 16.7. The van der Waals surface area contributed by atoms with Crippen molar-refractivity contribution in [2.24, 2.45) is 0 Å². The van der Waals surface area contributed by atoms with E-state index in [-0.39, 0.29) is 11.3 Å². The molecule has 0 N–H and O–H groups in total. The molecule has 0 aromatic heterocycles. The molecule has 0 unspecified atom stereocenters. The lowest BCUT2D eigenvalue weighted by atomic mass is 9.90. The lowest BCUT2D eigenvalue weighted by Crippen LogP contribution is -2.26. The molecule has 0 saturated carbocycles. The van der Waals surface area contributed by atoms with E-state index in [4.69, 9.17) is 9.47 Å². The Kier molecular flexibility index (Phi) is 4.17. The van der Waals surface area contributed by atoms with Gasteiger partial charge in [-0.05, 0) is 17.7 Å². The lowest BCUT2D eigenvalue weighted by molar-refractivity contribution is -0.567. The van der Waals surface area contributed by atoms with Gasteiger partial charge in [-0.1, -0.05) is 42.5 Å². The third-order valence-electron chi connectivity index (χ3n) is 3.90. The van der Waals surface area contributed by atoms with Crippen LogP contribution in [0.1, 0.15) is 17.0 Å². The van der Waals surface area contributed by atoms with Gasteiger partial charge in [0.25, 0.3) is 0 Å². The van der Waals surface area contributed by atoms with E-state index in [1.54, 1.807) is 48.5 Å². The topological polar surface area (TPSA) is 85.4 Å². The Morgan fingerprint density at radius 2 is 1.96 bits per heavy atom. The number of nitro groups is 1. The molecule has 120 valence electrons. The van der Waals surface area contributed by atoms with E-state index in [9.17, 15) is 15.4 Å². The number of hydrogen-bond acceptors (Lipinski definition) is 5. The van der Waals surface area contributed by atoms with Crippen molar-refractivity contribution < 1.29 is 14.4 Å². The molecule has 1 heterocycles. The summed E-state index contributed by atoms with van der Waals surface area (Å²) in [5, 5.41) is 21.1. The molecule has 1 aliphatic heterocycles. The lowest BCUT2D eigenvalue weighted by Gasteiger charge is -2.13. The maximum atomic E-state index is 11.5. The van der Waals surface area contributed by atoms with Gasteiger partial charge in [0.1, 0.15) is 17.4 Å². The van der Waals surface area contributed by atoms with Crippen LogP contribution in [0.15, 0.2) is 60.2 Å². The second-order valence-electron chi connectivity index (χ2n) is 5.27. The summed E-state index contributed by atoms with van der Waals surface area (Å²) in [5.74, 6) is 0.0444. The van der Waals surface area contributed by atoms with Crippen molar-refractivity contribution >= 4 is 5.76 Å². The number of rotatable bonds is 4. The smallest absolute Gasteiger partial charge is 0.365 e. The molecule has 0 aliphatic carbocycles. The fourth-order valence-electron chi connectivity index (χ4n) is 2.80. The fraction of sp³-hybridized carbons (Fsp3) is 0.167. The molecular formula is C18H14N2O4. The minimum atomic E-state index is -1.35. The zero-order valence-corrected chi connectivity index (χ0v) is 12.9. The Hall–Kier alpha value is -3.33. The average Bonchev–Trinajstić information content (AvgIpc) is 3.02. The summed E-state index contributed by atoms with van der Waals surface area (Å²) >= 11 is 0. The average molecular weight is 322 g/mol. The molecule has 0 saturated heterocycles. The van der Waals surface area contributed by atoms with Gasteiger partial charge >= 0.3 is 6.23 Å². The number of ether oxygens (including phenoxy) is 2. The van der Waals surface area contributed by atoms with Crippen LogP contribution in [0.4, 0.5) is 0 Å². The zero-order chi connectivity index (χ0) is 17.1. The predicted octanol–water partition coefficient (Wildman–Crippen LogP) is 3.35. The Bertz CT molecular complexity index is 840. The first-order chi connectivity index (χ1) is 11.7. The van der Waals surface area contributed by atoms with Crippen molar-refractivity contribution in [3.8, 4) is 11.8 Å². The molecule has 1 aliphatic rings. The van der Waals surface area contributed by atoms with Crippen LogP contribution in [0.3, 0.4) is 0 Å². The van der Waals surface area contributed by atoms with Gasteiger partial charge in [-0.15, -0.1) is 0 Å². The summed E-state index contributed by atoms with van der Waals surface area (Å²) in [4.78, 5) is 11.0. The van der Waals surface area contributed by atoms with Crippen LogP contribution in [0, 0.1) is 21.4 Å². The SMILES string of the molecule is COc1cccc([C@H]2C(C#N)=C(c3ccccc3)O[C@@H]2[N+](=O)[O-])c1. The Balaban J connectivity index is 2.14. The Morgan fingerprint density at radius 1 is 1.21 bits per heavy atom. The molecule has 3 rings (SSSR count). The van der Waals surface area contributed by atoms with Gasteiger partial charge in [0.15, 0.2) is 0 Å². The summed E-state index contributed by atoms with van der Waals surface area (Å²) in [6.07, 6.45) is -1.35. The number of nitriles is 1. The van der Waals surface area contributed by atoms with Gasteiger partial charge in [0.05, 0.1) is 23.7 Å². The van der Waals surface area contributed by atoms with Crippen LogP contribution in [0.2, 0.25) is 0 Å². The van der Waals surface area contributed by atoms with Crippen molar-refractivity contribution in [1.82, 2.24) is 0 Å². The van der Waals surface area contributed by atoms with Gasteiger partial charge in [-0.3, -0.25) is 10.1 Å². The third-order valence-corrected chi connectivity index (χ3v) is 3.90. The molecule has 2 aromatic carbocycles. The molecule has 0 bridgehead atoms. The largest absolute Gasteiger partial charge is 0.497 e. The van der Waals surface area contributed by atoms with Gasteiger partial charge in [0.2, 0.25) is 0 Å². The second kappa shape index (κ2) is 6.42. The first-order valence-electron chi connectivity index (χ1n) is 7.29. The summed E-state index contributed by atoms with van der Waals surface area (Å²) < 4.78 is 10.8. The third kappa shape index (κ3) is 2.68. The second-order valence-corrected chi connectivity index (χ2v) is 5.27. The van der Waals surface area contributed by atoms with E-state index in [0.29, 0.717) is 16.9 Å². The van der Waals surface area contributed by atoms with Crippen LogP contribution >= 0.6 is 0 Å². The van der Waals surface area contributed by atoms with Crippen LogP contribution < -0.4 is 4.74 Å². The minimum Gasteiger partial charge on any atom is -0.497 e. The zero-order valence-electron chi connectivity index (χ0n) is 12.9. The standard InChI is InChI=1S/C18H14N2O4/c1-23-14-9-5-8-13(10-14)16-15(11-19)17(24-18(16)20(21)22)12-6-3-2-4-7-12/h2-10,16,18H,1H3/t16-,18-/m0/s1. The van der Waals surface area contributed by atoms with Crippen LogP contribution in [0.5, 0.6) is 5.75 Å². The highest BCUT2D eigenvalue weighted by Crippen LogP contribution is 2.43. The summed E-state index contributed by atoms with van der Waals surface area (Å²) in [6.45, 7) is 0. The van der Waals surface area contributed by atoms with Crippen LogP contribution in [-0.4, -0.2) is 18.3 Å². The van der Waals surface area contributed by atoms with Gasteiger partial charge in [0, 0.05) is 5.56 Å². The molecule has 0 radical (unpaired) electrons. The van der Waals surface area contributed by atoms with E-state index < -0.39 is 17.1 Å². The quantitative estimate of drug-likeness (QED) is 0.636. The van der Waals surface area contributed by atoms with Crippen molar-refractivity contribution in [3.63, 3.8) is 0 Å². The number of benzene rings is 2. The molecule has 0 amide bonds. The monoisotopic (exact) mass is 322 g/mol. The molecule has 6 heteroatoms. The molecule has 0 spiro atoms. The number of hydrogen-bond donors (Lipinski definition) is 0. The van der Waals surface area contributed by atoms with E-state index >= 15 is 0 Å². The van der Waals surface area contributed by atoms with Crippen molar-refractivity contribution in [1.29, 1.82) is 5.26 Å². The number of nitrogens with zero attached hydrogens (tertiary/aromatic N) is 2. The molecule has 2 atom stereocenters. The Morgan fingerprint density at radius 3 is 2.58 bits per heavy atom. The minimum absolute atomic E-state index is 0.246. The van der Waals surface area contributed by atoms with E-state index in [0.717, 1.165) is 0 Å². The fourth-order valence-corrected chi connectivity index (χ4v) is 2.80. The van der Waals surface area contributed by atoms with Crippen LogP contribution in [0.25, 0.3) is 5.76 Å². The first-order valence-corrected chi connectivity index (χ1v) is 7.29. The van der Waals surface area contributed by atoms with Gasteiger partial charge < -0.3 is 9.47 Å². The van der Waals surface area contributed by atoms with E-state index in [1.807, 2.05) is 6.07 Å². The van der Waals surface area contributed by atoms with Crippen molar-refractivity contribution in [2.45, 2.75) is 12.1 Å². The Labute approximate surface area is 138 Å². The molecule has 0 fully saturated rings. The molecule has 6 nitrogen and oxygen atoms in total. The molecule has 24 heavy (non-hydrogen) atoms. The van der Waals surface area contributed by atoms with Crippen molar-refractivity contribution in [3.05, 3.63) is 81.4 Å². The summed E-state index contributed by atoms with van der Waals surface area (Å²) in [7, 11) is 1.52. The summed E-state index contributed by atoms with van der Waals surface area (Å²) in [6, 6.07) is 17.9.